The largest absolute Gasteiger partial charge is 0.479 e. The highest BCUT2D eigenvalue weighted by atomic mass is 32.3. The van der Waals surface area contributed by atoms with E-state index in [1.54, 1.807) is 0 Å². The zero-order valence-electron chi connectivity index (χ0n) is 24.8. The van der Waals surface area contributed by atoms with E-state index in [4.69, 9.17) is 0 Å². The van der Waals surface area contributed by atoms with Gasteiger partial charge in [0, 0.05) is 0 Å². The van der Waals surface area contributed by atoms with Crippen LogP contribution in [0.5, 0.6) is 11.5 Å². The lowest BCUT2D eigenvalue weighted by atomic mass is 10.2. The van der Waals surface area contributed by atoms with Crippen LogP contribution >= 0.6 is 0 Å². The van der Waals surface area contributed by atoms with Crippen LogP contribution in [0.4, 0.5) is 46.5 Å². The van der Waals surface area contributed by atoms with Gasteiger partial charge in [0.1, 0.15) is 11.4 Å². The Bertz CT molecular complexity index is 1790. The van der Waals surface area contributed by atoms with E-state index in [0.29, 0.717) is 0 Å². The number of ether oxygens (including phenoxy) is 2. The van der Waals surface area contributed by atoms with Crippen molar-refractivity contribution in [2.24, 2.45) is 0 Å². The summed E-state index contributed by atoms with van der Waals surface area (Å²) in [5, 5.41) is 0. The zero-order valence-corrected chi connectivity index (χ0v) is 28.1. The van der Waals surface area contributed by atoms with Crippen LogP contribution in [0.25, 0.3) is 0 Å². The monoisotopic (exact) mass is 784 g/mol. The Kier molecular flexibility index (Phi) is 12.4. The molecular formula is C23H24F8N2O11S4. The maximum atomic E-state index is 14.9. The number of Topliss-reactive ketones (excluding diaryl/α,β-unsaturated/α-hetero) is 1. The summed E-state index contributed by atoms with van der Waals surface area (Å²) in [4.78, 5) is 12.2. The Hall–Kier alpha value is -3.45. The van der Waals surface area contributed by atoms with Crippen LogP contribution in [0, 0.1) is 46.5 Å². The first-order valence-corrected chi connectivity index (χ1v) is 19.3. The molecule has 0 unspecified atom stereocenters. The molecule has 0 spiro atoms. The lowest BCUT2D eigenvalue weighted by Crippen LogP contribution is -2.40. The maximum absolute atomic E-state index is 14.9. The lowest BCUT2D eigenvalue weighted by molar-refractivity contribution is -0.123. The maximum Gasteiger partial charge on any atom is 0.248 e. The molecule has 0 N–H and O–H groups in total. The molecule has 2 rings (SSSR count). The quantitative estimate of drug-likeness (QED) is 0.181. The van der Waals surface area contributed by atoms with Gasteiger partial charge >= 0.3 is 0 Å². The van der Waals surface area contributed by atoms with Gasteiger partial charge in [0.25, 0.3) is 0 Å². The summed E-state index contributed by atoms with van der Waals surface area (Å²) in [5.74, 6) is -30.7. The van der Waals surface area contributed by atoms with E-state index in [9.17, 15) is 73.6 Å². The van der Waals surface area contributed by atoms with Gasteiger partial charge in [-0.1, -0.05) is 0 Å². The molecule has 0 fully saturated rings. The molecule has 0 amide bonds. The molecule has 0 aliphatic rings. The van der Waals surface area contributed by atoms with Crippen molar-refractivity contribution in [3.63, 3.8) is 0 Å². The predicted molar refractivity (Wildman–Crippen MR) is 151 cm³/mol. The third kappa shape index (κ3) is 7.56. The molecule has 0 radical (unpaired) electrons. The predicted octanol–water partition coefficient (Wildman–Crippen LogP) is 2.84. The number of benzene rings is 2. The third-order valence-electron chi connectivity index (χ3n) is 5.99. The van der Waals surface area contributed by atoms with Crippen molar-refractivity contribution in [3.05, 3.63) is 46.5 Å². The fourth-order valence-corrected chi connectivity index (χ4v) is 10.2. The van der Waals surface area contributed by atoms with Gasteiger partial charge in [-0.25, -0.2) is 51.2 Å². The van der Waals surface area contributed by atoms with Gasteiger partial charge < -0.3 is 9.47 Å². The van der Waals surface area contributed by atoms with Gasteiger partial charge in [0.2, 0.25) is 69.1 Å². The second-order valence-electron chi connectivity index (χ2n) is 8.98. The molecule has 2 aromatic rings. The molecule has 2 aromatic carbocycles. The minimum Gasteiger partial charge on any atom is -0.479 e. The molecule has 48 heavy (non-hydrogen) atoms. The first-order chi connectivity index (χ1) is 21.9. The van der Waals surface area contributed by atoms with Crippen molar-refractivity contribution in [2.75, 3.05) is 43.6 Å². The summed E-state index contributed by atoms with van der Waals surface area (Å²) in [7, 11) is -20.5. The van der Waals surface area contributed by atoms with Gasteiger partial charge in [0.05, 0.1) is 23.0 Å². The first-order valence-electron chi connectivity index (χ1n) is 12.9. The normalized spacial score (nSPS) is 12.6. The van der Waals surface area contributed by atoms with Gasteiger partial charge in [-0.05, 0) is 27.7 Å². The summed E-state index contributed by atoms with van der Waals surface area (Å²) < 4.78 is 224. The van der Waals surface area contributed by atoms with Gasteiger partial charge in [-0.2, -0.15) is 25.0 Å². The van der Waals surface area contributed by atoms with Gasteiger partial charge in [0.15, 0.2) is 48.0 Å². The topological polar surface area (TPSA) is 179 Å². The molecular weight excluding hydrogens is 761 g/mol. The highest BCUT2D eigenvalue weighted by Crippen LogP contribution is 2.39. The molecule has 0 aliphatic carbocycles. The molecule has 0 aromatic heterocycles. The number of hydrogen-bond acceptors (Lipinski definition) is 11. The van der Waals surface area contributed by atoms with Crippen molar-refractivity contribution < 1.29 is 83.1 Å². The number of ketones is 1. The summed E-state index contributed by atoms with van der Waals surface area (Å²) in [6.45, 7) is 0.0492. The number of anilines is 2. The number of carbonyl (C=O) groups excluding carboxylic acids is 1. The number of sulfonamides is 4. The first kappa shape index (κ1) is 40.7. The number of nitrogens with zero attached hydrogens (tertiary/aromatic N) is 2. The summed E-state index contributed by atoms with van der Waals surface area (Å²) in [6.07, 6.45) is 0. The van der Waals surface area contributed by atoms with Crippen molar-refractivity contribution in [2.45, 2.75) is 27.7 Å². The molecule has 0 saturated carbocycles. The number of halogens is 8. The van der Waals surface area contributed by atoms with Crippen LogP contribution in [0.2, 0.25) is 0 Å². The molecule has 0 aliphatic heterocycles. The van der Waals surface area contributed by atoms with Crippen molar-refractivity contribution >= 4 is 57.3 Å². The molecule has 0 saturated heterocycles. The average molecular weight is 785 g/mol. The van der Waals surface area contributed by atoms with Gasteiger partial charge in [-0.3, -0.25) is 4.79 Å². The fourth-order valence-electron chi connectivity index (χ4n) is 3.49. The summed E-state index contributed by atoms with van der Waals surface area (Å²) in [6, 6.07) is 0. The minimum absolute atomic E-state index is 0.846. The molecule has 25 heteroatoms. The van der Waals surface area contributed by atoms with Gasteiger partial charge in [-0.15, -0.1) is 0 Å². The van der Waals surface area contributed by atoms with Crippen LogP contribution in [0.15, 0.2) is 0 Å². The van der Waals surface area contributed by atoms with E-state index in [-0.39, 0.29) is 0 Å². The Morgan fingerprint density at radius 2 is 0.667 bits per heavy atom. The molecule has 0 atom stereocenters. The lowest BCUT2D eigenvalue weighted by Gasteiger charge is -2.24. The Morgan fingerprint density at radius 1 is 0.458 bits per heavy atom. The van der Waals surface area contributed by atoms with E-state index in [1.165, 1.54) is 0 Å². The standard InChI is InChI=1S/C23H24F8N2O11S4/c1-5-45(35,36)32(46(37,38)6-2)20-12(24)16(28)22(17(29)13(20)25)43-9-11(34)10-44-23-18(30)14(26)21(15(27)19(23)31)33(47(39,40)7-3)48(41,42)8-4/h5-10H2,1-4H3. The second-order valence-corrected chi connectivity index (χ2v) is 17.9. The van der Waals surface area contributed by atoms with Crippen LogP contribution in [-0.2, 0) is 44.9 Å². The van der Waals surface area contributed by atoms with E-state index in [1.807, 2.05) is 0 Å². The fraction of sp³-hybridized carbons (Fsp3) is 0.435. The molecule has 0 heterocycles. The summed E-state index contributed by atoms with van der Waals surface area (Å²) >= 11 is 0. The van der Waals surface area contributed by atoms with Crippen molar-refractivity contribution in [1.29, 1.82) is 0 Å². The smallest absolute Gasteiger partial charge is 0.248 e. The van der Waals surface area contributed by atoms with Crippen LogP contribution in [0.3, 0.4) is 0 Å². The second kappa shape index (κ2) is 14.6. The number of hydrogen-bond donors (Lipinski definition) is 0. The zero-order chi connectivity index (χ0) is 37.3. The molecule has 272 valence electrons. The van der Waals surface area contributed by atoms with Crippen LogP contribution < -0.4 is 16.9 Å². The van der Waals surface area contributed by atoms with E-state index >= 15 is 0 Å². The summed E-state index contributed by atoms with van der Waals surface area (Å²) in [5.41, 5.74) is -4.41. The number of carbonyl (C=O) groups is 1. The Balaban J connectivity index is 2.47. The van der Waals surface area contributed by atoms with E-state index in [2.05, 4.69) is 9.47 Å². The van der Waals surface area contributed by atoms with Crippen LogP contribution in [0.1, 0.15) is 27.7 Å². The van der Waals surface area contributed by atoms with Crippen LogP contribution in [-0.4, -0.2) is 75.7 Å². The highest BCUT2D eigenvalue weighted by molar-refractivity contribution is 8.10. The Morgan fingerprint density at radius 3 is 0.854 bits per heavy atom. The molecule has 0 bridgehead atoms. The Labute approximate surface area is 269 Å². The van der Waals surface area contributed by atoms with E-state index in [0.717, 1.165) is 27.7 Å². The molecule has 13 nitrogen and oxygen atoms in total. The van der Waals surface area contributed by atoms with Crippen molar-refractivity contribution in [3.8, 4) is 11.5 Å². The number of rotatable bonds is 16. The average Bonchev–Trinajstić information content (AvgIpc) is 3.02. The van der Waals surface area contributed by atoms with E-state index < -0.39 is 159 Å². The highest BCUT2D eigenvalue weighted by Gasteiger charge is 2.42. The third-order valence-corrected chi connectivity index (χ3v) is 14.4. The van der Waals surface area contributed by atoms with Crippen molar-refractivity contribution in [1.82, 2.24) is 0 Å². The SMILES string of the molecule is CCS(=O)(=O)N(c1c(F)c(F)c(OCC(=O)COc2c(F)c(F)c(N(S(=O)(=O)CC)S(=O)(=O)CC)c(F)c2F)c(F)c1F)S(=O)(=O)CC. The minimum atomic E-state index is -5.13.